The number of carbonyl (C=O) groups is 2. The summed E-state index contributed by atoms with van der Waals surface area (Å²) >= 11 is 1.25. The number of benzene rings is 2. The van der Waals surface area contributed by atoms with Crippen molar-refractivity contribution in [2.75, 3.05) is 11.9 Å². The average Bonchev–Trinajstić information content (AvgIpc) is 3.21. The van der Waals surface area contributed by atoms with Crippen molar-refractivity contribution in [1.29, 1.82) is 0 Å². The Labute approximate surface area is 188 Å². The maximum atomic E-state index is 12.9. The number of carbonyl (C=O) groups excluding carboxylic acids is 2. The van der Waals surface area contributed by atoms with Crippen LogP contribution < -0.4 is 15.4 Å². The number of halogens is 1. The molecule has 0 radical (unpaired) electrons. The van der Waals surface area contributed by atoms with Gasteiger partial charge in [-0.3, -0.25) is 9.59 Å². The van der Waals surface area contributed by atoms with Crippen molar-refractivity contribution >= 4 is 38.3 Å². The summed E-state index contributed by atoms with van der Waals surface area (Å²) in [5, 5.41) is 7.57. The lowest BCUT2D eigenvalue weighted by Crippen LogP contribution is -2.27. The molecular formula is C21H21FN4O4S2. The lowest BCUT2D eigenvalue weighted by molar-refractivity contribution is -0.119. The second-order valence-electron chi connectivity index (χ2n) is 6.79. The summed E-state index contributed by atoms with van der Waals surface area (Å²) in [5.74, 6) is -1.03. The SMILES string of the molecule is CC(=O)NCc1ccc(-c2csc(NC(=O)CCNS(=O)(=O)c3ccc(F)cc3)n2)cc1. The van der Waals surface area contributed by atoms with Gasteiger partial charge < -0.3 is 10.6 Å². The molecule has 1 heterocycles. The van der Waals surface area contributed by atoms with E-state index in [1.54, 1.807) is 5.38 Å². The zero-order valence-corrected chi connectivity index (χ0v) is 18.7. The number of aromatic nitrogens is 1. The average molecular weight is 477 g/mol. The molecule has 0 bridgehead atoms. The molecule has 168 valence electrons. The van der Waals surface area contributed by atoms with Gasteiger partial charge in [-0.05, 0) is 29.8 Å². The molecule has 2 amide bonds. The first kappa shape index (κ1) is 23.5. The fourth-order valence-corrected chi connectivity index (χ4v) is 4.43. The first-order valence-electron chi connectivity index (χ1n) is 9.57. The van der Waals surface area contributed by atoms with Crippen LogP contribution in [0.4, 0.5) is 9.52 Å². The van der Waals surface area contributed by atoms with Gasteiger partial charge in [-0.1, -0.05) is 24.3 Å². The van der Waals surface area contributed by atoms with Crippen molar-refractivity contribution in [3.8, 4) is 11.3 Å². The molecule has 3 N–H and O–H groups in total. The molecule has 2 aromatic carbocycles. The molecule has 0 aliphatic heterocycles. The fraction of sp³-hybridized carbons (Fsp3) is 0.190. The summed E-state index contributed by atoms with van der Waals surface area (Å²) in [5.41, 5.74) is 2.50. The van der Waals surface area contributed by atoms with Gasteiger partial charge in [0.2, 0.25) is 21.8 Å². The molecule has 0 spiro atoms. The second-order valence-corrected chi connectivity index (χ2v) is 9.42. The van der Waals surface area contributed by atoms with Gasteiger partial charge in [0.25, 0.3) is 0 Å². The topological polar surface area (TPSA) is 117 Å². The summed E-state index contributed by atoms with van der Waals surface area (Å²) in [7, 11) is -3.82. The maximum Gasteiger partial charge on any atom is 0.240 e. The number of anilines is 1. The van der Waals surface area contributed by atoms with Crippen LogP contribution in [0.3, 0.4) is 0 Å². The minimum Gasteiger partial charge on any atom is -0.352 e. The quantitative estimate of drug-likeness (QED) is 0.439. The molecule has 0 saturated carbocycles. The van der Waals surface area contributed by atoms with E-state index in [2.05, 4.69) is 20.3 Å². The fourth-order valence-electron chi connectivity index (χ4n) is 2.66. The molecule has 3 aromatic rings. The molecular weight excluding hydrogens is 455 g/mol. The molecule has 11 heteroatoms. The molecule has 8 nitrogen and oxygen atoms in total. The third-order valence-corrected chi connectivity index (χ3v) is 6.54. The van der Waals surface area contributed by atoms with E-state index >= 15 is 0 Å². The van der Waals surface area contributed by atoms with E-state index in [1.807, 2.05) is 24.3 Å². The highest BCUT2D eigenvalue weighted by Crippen LogP contribution is 2.25. The first-order valence-corrected chi connectivity index (χ1v) is 11.9. The molecule has 1 aromatic heterocycles. The van der Waals surface area contributed by atoms with Crippen LogP contribution in [0.25, 0.3) is 11.3 Å². The van der Waals surface area contributed by atoms with Crippen LogP contribution in [0.2, 0.25) is 0 Å². The van der Waals surface area contributed by atoms with Gasteiger partial charge in [-0.2, -0.15) is 0 Å². The molecule has 0 atom stereocenters. The van der Waals surface area contributed by atoms with Crippen molar-refractivity contribution in [3.63, 3.8) is 0 Å². The Morgan fingerprint density at radius 2 is 1.75 bits per heavy atom. The van der Waals surface area contributed by atoms with Gasteiger partial charge in [-0.25, -0.2) is 22.5 Å². The largest absolute Gasteiger partial charge is 0.352 e. The third kappa shape index (κ3) is 6.67. The van der Waals surface area contributed by atoms with Crippen LogP contribution >= 0.6 is 11.3 Å². The molecule has 0 fully saturated rings. The number of nitrogens with one attached hydrogen (secondary N) is 3. The van der Waals surface area contributed by atoms with Crippen molar-refractivity contribution in [1.82, 2.24) is 15.0 Å². The van der Waals surface area contributed by atoms with E-state index in [1.165, 1.54) is 18.3 Å². The van der Waals surface area contributed by atoms with Gasteiger partial charge in [0, 0.05) is 37.4 Å². The van der Waals surface area contributed by atoms with Crippen LogP contribution in [-0.4, -0.2) is 31.8 Å². The second kappa shape index (κ2) is 10.4. The van der Waals surface area contributed by atoms with E-state index in [0.717, 1.165) is 35.4 Å². The summed E-state index contributed by atoms with van der Waals surface area (Å²) < 4.78 is 39.5. The minimum atomic E-state index is -3.82. The third-order valence-electron chi connectivity index (χ3n) is 4.31. The normalized spacial score (nSPS) is 11.2. The molecule has 32 heavy (non-hydrogen) atoms. The number of hydrogen-bond donors (Lipinski definition) is 3. The molecule has 0 unspecified atom stereocenters. The number of hydrogen-bond acceptors (Lipinski definition) is 6. The maximum absolute atomic E-state index is 12.9. The van der Waals surface area contributed by atoms with Crippen LogP contribution in [-0.2, 0) is 26.2 Å². The van der Waals surface area contributed by atoms with Gasteiger partial charge in [0.1, 0.15) is 5.82 Å². The predicted octanol–water partition coefficient (Wildman–Crippen LogP) is 2.89. The summed E-state index contributed by atoms with van der Waals surface area (Å²) in [6, 6.07) is 11.9. The predicted molar refractivity (Wildman–Crippen MR) is 120 cm³/mol. The van der Waals surface area contributed by atoms with E-state index in [-0.39, 0.29) is 23.8 Å². The summed E-state index contributed by atoms with van der Waals surface area (Å²) in [4.78, 5) is 27.4. The standard InChI is InChI=1S/C21H21FN4O4S2/c1-14(27)23-12-15-2-4-16(5-3-15)19-13-31-21(25-19)26-20(28)10-11-24-32(29,30)18-8-6-17(22)7-9-18/h2-9,13,24H,10-12H2,1H3,(H,23,27)(H,25,26,28). The van der Waals surface area contributed by atoms with Crippen molar-refractivity contribution in [2.24, 2.45) is 0 Å². The molecule has 0 aliphatic carbocycles. The number of sulfonamides is 1. The summed E-state index contributed by atoms with van der Waals surface area (Å²) in [6.45, 7) is 1.79. The van der Waals surface area contributed by atoms with Gasteiger partial charge in [0.15, 0.2) is 5.13 Å². The van der Waals surface area contributed by atoms with Gasteiger partial charge in [0.05, 0.1) is 10.6 Å². The highest BCUT2D eigenvalue weighted by atomic mass is 32.2. The summed E-state index contributed by atoms with van der Waals surface area (Å²) in [6.07, 6.45) is -0.0901. The Hall–Kier alpha value is -3.15. The Morgan fingerprint density at radius 1 is 1.06 bits per heavy atom. The Bertz CT molecular complexity index is 1190. The Kier molecular flexibility index (Phi) is 7.67. The van der Waals surface area contributed by atoms with Crippen LogP contribution in [0.1, 0.15) is 18.9 Å². The van der Waals surface area contributed by atoms with E-state index in [9.17, 15) is 22.4 Å². The molecule has 0 saturated heterocycles. The number of nitrogens with zero attached hydrogens (tertiary/aromatic N) is 1. The van der Waals surface area contributed by atoms with Crippen LogP contribution in [0.5, 0.6) is 0 Å². The van der Waals surface area contributed by atoms with Crippen molar-refractivity contribution < 1.29 is 22.4 Å². The zero-order valence-electron chi connectivity index (χ0n) is 17.1. The number of rotatable bonds is 9. The molecule has 3 rings (SSSR count). The van der Waals surface area contributed by atoms with E-state index < -0.39 is 21.7 Å². The lowest BCUT2D eigenvalue weighted by Gasteiger charge is -2.06. The highest BCUT2D eigenvalue weighted by Gasteiger charge is 2.15. The lowest BCUT2D eigenvalue weighted by atomic mass is 10.1. The minimum absolute atomic E-state index is 0.0769. The Balaban J connectivity index is 1.50. The monoisotopic (exact) mass is 476 g/mol. The van der Waals surface area contributed by atoms with Crippen LogP contribution in [0, 0.1) is 5.82 Å². The van der Waals surface area contributed by atoms with Gasteiger partial charge in [-0.15, -0.1) is 11.3 Å². The number of thiazole rings is 1. The van der Waals surface area contributed by atoms with Gasteiger partial charge >= 0.3 is 0 Å². The van der Waals surface area contributed by atoms with E-state index in [0.29, 0.717) is 17.4 Å². The first-order chi connectivity index (χ1) is 15.2. The van der Waals surface area contributed by atoms with Crippen molar-refractivity contribution in [3.05, 3.63) is 65.3 Å². The zero-order chi connectivity index (χ0) is 23.1. The van der Waals surface area contributed by atoms with E-state index in [4.69, 9.17) is 0 Å². The highest BCUT2D eigenvalue weighted by molar-refractivity contribution is 7.89. The Morgan fingerprint density at radius 3 is 2.41 bits per heavy atom. The smallest absolute Gasteiger partial charge is 0.240 e. The number of amides is 2. The van der Waals surface area contributed by atoms with Crippen LogP contribution in [0.15, 0.2) is 58.8 Å². The van der Waals surface area contributed by atoms with Crippen molar-refractivity contribution in [2.45, 2.75) is 24.8 Å². The molecule has 0 aliphatic rings.